The quantitative estimate of drug-likeness (QED) is 0.503. The molecule has 0 fully saturated rings. The van der Waals surface area contributed by atoms with Gasteiger partial charge in [-0.2, -0.15) is 0 Å². The lowest BCUT2D eigenvalue weighted by Gasteiger charge is -2.34. The normalized spacial score (nSPS) is 12.9. The fraction of sp³-hybridized carbons (Fsp3) is 0.846. The zero-order valence-electron chi connectivity index (χ0n) is 12.3. The number of imide groups is 1. The third-order valence-electron chi connectivity index (χ3n) is 4.03. The highest BCUT2D eigenvalue weighted by atomic mass is 28.3. The van der Waals surface area contributed by atoms with Gasteiger partial charge in [-0.05, 0) is 13.3 Å². The van der Waals surface area contributed by atoms with Gasteiger partial charge >= 0.3 is 12.5 Å². The lowest BCUT2D eigenvalue weighted by Crippen LogP contribution is -2.48. The molecule has 0 rings (SSSR count). The average molecular weight is 272 g/mol. The van der Waals surface area contributed by atoms with Crippen LogP contribution in [-0.4, -0.2) is 37.7 Å². The summed E-state index contributed by atoms with van der Waals surface area (Å²) in [5, 5.41) is 0. The van der Waals surface area contributed by atoms with Crippen LogP contribution in [0, 0.1) is 0 Å². The molecule has 0 aliphatic heterocycles. The van der Waals surface area contributed by atoms with Gasteiger partial charge in [-0.15, -0.1) is 0 Å². The van der Waals surface area contributed by atoms with E-state index < -0.39 is 14.2 Å². The monoisotopic (exact) mass is 272 g/mol. The van der Waals surface area contributed by atoms with Crippen LogP contribution < -0.4 is 0 Å². The summed E-state index contributed by atoms with van der Waals surface area (Å²) in [6, 6.07) is 3.27. The summed E-state index contributed by atoms with van der Waals surface area (Å²) < 4.78 is 5.48. The summed E-state index contributed by atoms with van der Waals surface area (Å²) in [7, 11) is -1.56. The van der Waals surface area contributed by atoms with Crippen LogP contribution >= 0.6 is 0 Å². The highest BCUT2D eigenvalue weighted by molar-refractivity contribution is 6.80. The number of hydrogen-bond donors (Lipinski definition) is 0. The van der Waals surface area contributed by atoms with Crippen molar-refractivity contribution < 1.29 is 14.3 Å². The number of amides is 2. The predicted molar refractivity (Wildman–Crippen MR) is 75.8 cm³/mol. The summed E-state index contributed by atoms with van der Waals surface area (Å²) in [6.07, 6.45) is 1.81. The lowest BCUT2D eigenvalue weighted by molar-refractivity contribution is 0.110. The molecule has 2 amide bonds. The molecule has 5 heteroatoms. The van der Waals surface area contributed by atoms with E-state index in [1.807, 2.05) is 13.8 Å². The van der Waals surface area contributed by atoms with Gasteiger partial charge in [0, 0.05) is 6.54 Å². The SMILES string of the molecule is CCCN([C]=O)C(=O)OC(C)[Si](CC)(CC)CC. The maximum atomic E-state index is 11.8. The van der Waals surface area contributed by atoms with Crippen LogP contribution in [0.5, 0.6) is 0 Å². The molecule has 0 aliphatic rings. The first-order valence-corrected chi connectivity index (χ1v) is 9.57. The van der Waals surface area contributed by atoms with E-state index in [4.69, 9.17) is 4.74 Å². The maximum Gasteiger partial charge on any atom is 0.416 e. The van der Waals surface area contributed by atoms with E-state index in [0.717, 1.165) is 29.5 Å². The van der Waals surface area contributed by atoms with Gasteiger partial charge in [0.2, 0.25) is 0 Å². The van der Waals surface area contributed by atoms with Gasteiger partial charge in [-0.25, -0.2) is 9.69 Å². The molecule has 1 radical (unpaired) electrons. The lowest BCUT2D eigenvalue weighted by atomic mass is 10.4. The van der Waals surface area contributed by atoms with Gasteiger partial charge in [0.25, 0.3) is 0 Å². The minimum Gasteiger partial charge on any atom is -0.450 e. The minimum absolute atomic E-state index is 0.0577. The standard InChI is InChI=1S/C13H26NO3Si/c1-6-10-14(11-15)13(16)17-12(5)18(7-2,8-3)9-4/h12H,6-10H2,1-5H3. The van der Waals surface area contributed by atoms with Crippen molar-refractivity contribution in [2.24, 2.45) is 0 Å². The van der Waals surface area contributed by atoms with E-state index >= 15 is 0 Å². The van der Waals surface area contributed by atoms with Crippen LogP contribution in [0.4, 0.5) is 4.79 Å². The molecule has 105 valence electrons. The van der Waals surface area contributed by atoms with Crippen molar-refractivity contribution in [3.8, 4) is 0 Å². The van der Waals surface area contributed by atoms with Gasteiger partial charge < -0.3 is 4.74 Å². The number of nitrogens with zero attached hydrogens (tertiary/aromatic N) is 1. The second kappa shape index (κ2) is 8.29. The van der Waals surface area contributed by atoms with Crippen molar-refractivity contribution in [2.75, 3.05) is 6.54 Å². The molecular formula is C13H26NO3Si. The van der Waals surface area contributed by atoms with Crippen molar-refractivity contribution in [2.45, 2.75) is 64.9 Å². The second-order valence-corrected chi connectivity index (χ2v) is 10.4. The number of rotatable bonds is 8. The van der Waals surface area contributed by atoms with Crippen molar-refractivity contribution in [1.29, 1.82) is 0 Å². The first-order chi connectivity index (χ1) is 8.51. The van der Waals surface area contributed by atoms with Crippen molar-refractivity contribution in [3.05, 3.63) is 0 Å². The molecule has 0 bridgehead atoms. The number of hydrogen-bond acceptors (Lipinski definition) is 3. The van der Waals surface area contributed by atoms with E-state index in [2.05, 4.69) is 20.8 Å². The smallest absolute Gasteiger partial charge is 0.416 e. The van der Waals surface area contributed by atoms with Crippen LogP contribution in [-0.2, 0) is 9.53 Å². The molecule has 1 atom stereocenters. The molecule has 4 nitrogen and oxygen atoms in total. The van der Waals surface area contributed by atoms with Gasteiger partial charge in [0.1, 0.15) is 8.07 Å². The summed E-state index contributed by atoms with van der Waals surface area (Å²) >= 11 is 0. The molecule has 1 unspecified atom stereocenters. The summed E-state index contributed by atoms with van der Waals surface area (Å²) in [5.74, 6) is 0. The minimum atomic E-state index is -1.56. The van der Waals surface area contributed by atoms with Gasteiger partial charge in [-0.1, -0.05) is 45.8 Å². The fourth-order valence-electron chi connectivity index (χ4n) is 2.35. The second-order valence-electron chi connectivity index (χ2n) is 4.69. The van der Waals surface area contributed by atoms with E-state index in [0.29, 0.717) is 6.54 Å². The Morgan fingerprint density at radius 2 is 1.72 bits per heavy atom. The third kappa shape index (κ3) is 4.12. The van der Waals surface area contributed by atoms with E-state index in [1.54, 1.807) is 6.41 Å². The molecule has 0 aromatic carbocycles. The zero-order valence-corrected chi connectivity index (χ0v) is 13.3. The highest BCUT2D eigenvalue weighted by Crippen LogP contribution is 2.26. The Morgan fingerprint density at radius 1 is 1.22 bits per heavy atom. The first kappa shape index (κ1) is 17.2. The van der Waals surface area contributed by atoms with Crippen LogP contribution in [0.25, 0.3) is 0 Å². The molecule has 0 aromatic rings. The molecule has 0 saturated carbocycles. The highest BCUT2D eigenvalue weighted by Gasteiger charge is 2.37. The Bertz CT molecular complexity index is 259. The molecule has 0 heterocycles. The molecule has 0 spiro atoms. The van der Waals surface area contributed by atoms with Crippen LogP contribution in [0.15, 0.2) is 0 Å². The van der Waals surface area contributed by atoms with Gasteiger partial charge in [-0.3, -0.25) is 4.79 Å². The molecule has 18 heavy (non-hydrogen) atoms. The Morgan fingerprint density at radius 3 is 2.06 bits per heavy atom. The summed E-state index contributed by atoms with van der Waals surface area (Å²) in [4.78, 5) is 23.5. The Labute approximate surface area is 112 Å². The van der Waals surface area contributed by atoms with Crippen molar-refractivity contribution in [3.63, 3.8) is 0 Å². The number of carbonyl (C=O) groups is 1. The number of ether oxygens (including phenoxy) is 1. The van der Waals surface area contributed by atoms with Crippen molar-refractivity contribution >= 4 is 20.6 Å². The fourth-order valence-corrected chi connectivity index (χ4v) is 5.93. The molecule has 0 saturated heterocycles. The van der Waals surface area contributed by atoms with Crippen LogP contribution in [0.3, 0.4) is 0 Å². The van der Waals surface area contributed by atoms with Gasteiger partial charge in [0.15, 0.2) is 0 Å². The molecule has 0 N–H and O–H groups in total. The Kier molecular flexibility index (Phi) is 7.90. The topological polar surface area (TPSA) is 46.6 Å². The Balaban J connectivity index is 4.66. The van der Waals surface area contributed by atoms with Crippen LogP contribution in [0.2, 0.25) is 18.1 Å². The summed E-state index contributed by atoms with van der Waals surface area (Å²) in [6.45, 7) is 10.7. The van der Waals surface area contributed by atoms with E-state index in [-0.39, 0.29) is 5.73 Å². The third-order valence-corrected chi connectivity index (χ3v) is 10.1. The molecule has 0 aromatic heterocycles. The number of carbonyl (C=O) groups excluding carboxylic acids is 2. The largest absolute Gasteiger partial charge is 0.450 e. The first-order valence-electron chi connectivity index (χ1n) is 6.87. The van der Waals surface area contributed by atoms with E-state index in [9.17, 15) is 9.59 Å². The Hall–Kier alpha value is -0.843. The molecule has 0 aliphatic carbocycles. The predicted octanol–water partition coefficient (Wildman–Crippen LogP) is 3.34. The average Bonchev–Trinajstić information content (AvgIpc) is 2.38. The van der Waals surface area contributed by atoms with Gasteiger partial charge in [0.05, 0.1) is 5.73 Å². The van der Waals surface area contributed by atoms with E-state index in [1.165, 1.54) is 0 Å². The van der Waals surface area contributed by atoms with Crippen LogP contribution in [0.1, 0.15) is 41.0 Å². The maximum absolute atomic E-state index is 11.8. The summed E-state index contributed by atoms with van der Waals surface area (Å²) in [5.41, 5.74) is -0.0577. The molecular weight excluding hydrogens is 246 g/mol. The van der Waals surface area contributed by atoms with Crippen molar-refractivity contribution in [1.82, 2.24) is 4.90 Å². The zero-order chi connectivity index (χ0) is 14.2.